The van der Waals surface area contributed by atoms with Crippen molar-refractivity contribution in [3.63, 3.8) is 0 Å². The molecule has 1 aromatic carbocycles. The lowest BCUT2D eigenvalue weighted by Crippen LogP contribution is -2.40. The molecule has 0 aliphatic heterocycles. The third kappa shape index (κ3) is 4.79. The summed E-state index contributed by atoms with van der Waals surface area (Å²) in [6.07, 6.45) is 2.79. The Kier molecular flexibility index (Phi) is 6.52. The second-order valence-electron chi connectivity index (χ2n) is 5.51. The predicted octanol–water partition coefficient (Wildman–Crippen LogP) is 1.20. The molecule has 0 aliphatic rings. The fourth-order valence-electron chi connectivity index (χ4n) is 2.22. The minimum atomic E-state index is -3.86. The van der Waals surface area contributed by atoms with Gasteiger partial charge in [0.15, 0.2) is 0 Å². The van der Waals surface area contributed by atoms with Crippen molar-refractivity contribution in [2.24, 2.45) is 10.9 Å². The van der Waals surface area contributed by atoms with E-state index in [1.54, 1.807) is 19.9 Å². The maximum Gasteiger partial charge on any atom is 0.251 e. The van der Waals surface area contributed by atoms with Gasteiger partial charge in [-0.05, 0) is 43.5 Å². The van der Waals surface area contributed by atoms with Gasteiger partial charge in [0.2, 0.25) is 10.0 Å². The van der Waals surface area contributed by atoms with Crippen molar-refractivity contribution < 1.29 is 13.2 Å². The Morgan fingerprint density at radius 3 is 2.45 bits per heavy atom. The predicted molar refractivity (Wildman–Crippen MR) is 87.1 cm³/mol. The second-order valence-corrected chi connectivity index (χ2v) is 7.04. The van der Waals surface area contributed by atoms with E-state index in [4.69, 9.17) is 10.9 Å². The van der Waals surface area contributed by atoms with E-state index in [0.717, 1.165) is 19.3 Å². The molecule has 1 atom stereocenters. The molecule has 124 valence electrons. The van der Waals surface area contributed by atoms with Crippen molar-refractivity contribution in [1.29, 1.82) is 0 Å². The van der Waals surface area contributed by atoms with Crippen LogP contribution in [0.2, 0.25) is 0 Å². The van der Waals surface area contributed by atoms with E-state index in [-0.39, 0.29) is 22.4 Å². The monoisotopic (exact) mass is 327 g/mol. The summed E-state index contributed by atoms with van der Waals surface area (Å²) >= 11 is 0. The topological polar surface area (TPSA) is 115 Å². The molecule has 1 rings (SSSR count). The Labute approximate surface area is 132 Å². The number of sulfonamides is 1. The lowest BCUT2D eigenvalue weighted by atomic mass is 10.0. The summed E-state index contributed by atoms with van der Waals surface area (Å²) < 4.78 is 23.3. The number of carbonyl (C=O) groups is 1. The van der Waals surface area contributed by atoms with Crippen LogP contribution < -0.4 is 16.2 Å². The molecule has 0 radical (unpaired) electrons. The van der Waals surface area contributed by atoms with Gasteiger partial charge in [0.25, 0.3) is 5.91 Å². The van der Waals surface area contributed by atoms with Crippen molar-refractivity contribution >= 4 is 15.9 Å². The fraction of sp³-hybridized carbons (Fsp3) is 0.533. The van der Waals surface area contributed by atoms with Gasteiger partial charge in [0.05, 0.1) is 4.90 Å². The number of hydrogen-bond acceptors (Lipinski definition) is 4. The number of primary sulfonamides is 1. The van der Waals surface area contributed by atoms with Gasteiger partial charge in [-0.1, -0.05) is 19.8 Å². The molecule has 0 spiro atoms. The fourth-order valence-corrected chi connectivity index (χ4v) is 3.10. The Balaban J connectivity index is 3.06. The number of carbonyl (C=O) groups excluding carboxylic acids is 1. The van der Waals surface area contributed by atoms with Crippen LogP contribution >= 0.6 is 0 Å². The number of hydrogen-bond donors (Lipinski definition) is 3. The van der Waals surface area contributed by atoms with Crippen LogP contribution in [-0.2, 0) is 10.0 Å². The first-order valence-corrected chi connectivity index (χ1v) is 8.90. The van der Waals surface area contributed by atoms with Gasteiger partial charge in [-0.25, -0.2) is 13.6 Å². The second kappa shape index (κ2) is 7.71. The maximum absolute atomic E-state index is 12.3. The van der Waals surface area contributed by atoms with E-state index in [9.17, 15) is 13.2 Å². The average Bonchev–Trinajstić information content (AvgIpc) is 2.44. The summed E-state index contributed by atoms with van der Waals surface area (Å²) in [5.74, 6) is -0.334. The Morgan fingerprint density at radius 1 is 1.32 bits per heavy atom. The van der Waals surface area contributed by atoms with Crippen molar-refractivity contribution in [2.75, 3.05) is 6.54 Å². The number of amides is 1. The zero-order valence-electron chi connectivity index (χ0n) is 13.3. The van der Waals surface area contributed by atoms with Crippen molar-refractivity contribution in [1.82, 2.24) is 5.32 Å². The van der Waals surface area contributed by atoms with E-state index in [0.29, 0.717) is 17.7 Å². The van der Waals surface area contributed by atoms with Crippen LogP contribution in [-0.4, -0.2) is 26.9 Å². The molecule has 0 aromatic heterocycles. The molecule has 0 saturated carbocycles. The first-order valence-electron chi connectivity index (χ1n) is 7.35. The number of nitrogens with two attached hydrogens (primary N) is 2. The normalized spacial score (nSPS) is 13.0. The van der Waals surface area contributed by atoms with Crippen LogP contribution in [0.4, 0.5) is 0 Å². The highest BCUT2D eigenvalue weighted by molar-refractivity contribution is 7.89. The molecule has 0 aliphatic carbocycles. The van der Waals surface area contributed by atoms with Gasteiger partial charge in [0, 0.05) is 18.2 Å². The molecule has 0 saturated heterocycles. The lowest BCUT2D eigenvalue weighted by molar-refractivity contribution is 0.0935. The molecular weight excluding hydrogens is 302 g/mol. The van der Waals surface area contributed by atoms with Gasteiger partial charge < -0.3 is 11.1 Å². The summed E-state index contributed by atoms with van der Waals surface area (Å²) in [4.78, 5) is 12.3. The summed E-state index contributed by atoms with van der Waals surface area (Å²) in [6.45, 7) is 5.83. The molecule has 0 heterocycles. The maximum atomic E-state index is 12.3. The zero-order valence-corrected chi connectivity index (χ0v) is 14.2. The first kappa shape index (κ1) is 18.6. The highest BCUT2D eigenvalue weighted by Crippen LogP contribution is 2.20. The number of benzene rings is 1. The van der Waals surface area contributed by atoms with E-state index < -0.39 is 10.0 Å². The number of aryl methyl sites for hydroxylation is 1. The first-order chi connectivity index (χ1) is 10.2. The van der Waals surface area contributed by atoms with Crippen molar-refractivity contribution in [3.05, 3.63) is 28.8 Å². The molecule has 7 heteroatoms. The van der Waals surface area contributed by atoms with E-state index >= 15 is 0 Å². The molecule has 1 unspecified atom stereocenters. The smallest absolute Gasteiger partial charge is 0.251 e. The molecule has 1 amide bonds. The summed E-state index contributed by atoms with van der Waals surface area (Å²) in [6, 6.07) is 2.86. The largest absolute Gasteiger partial charge is 0.348 e. The van der Waals surface area contributed by atoms with Gasteiger partial charge in [0.1, 0.15) is 0 Å². The average molecular weight is 327 g/mol. The third-order valence-electron chi connectivity index (χ3n) is 3.71. The van der Waals surface area contributed by atoms with Crippen molar-refractivity contribution in [2.45, 2.75) is 51.0 Å². The molecule has 0 bridgehead atoms. The van der Waals surface area contributed by atoms with Crippen LogP contribution in [0.1, 0.15) is 47.7 Å². The van der Waals surface area contributed by atoms with E-state index in [2.05, 4.69) is 12.2 Å². The minimum absolute atomic E-state index is 0.0180. The molecule has 5 N–H and O–H groups in total. The van der Waals surface area contributed by atoms with Gasteiger partial charge in [-0.3, -0.25) is 4.79 Å². The highest BCUT2D eigenvalue weighted by Gasteiger charge is 2.19. The van der Waals surface area contributed by atoms with E-state index in [1.807, 2.05) is 0 Å². The van der Waals surface area contributed by atoms with Crippen LogP contribution in [0.3, 0.4) is 0 Å². The highest BCUT2D eigenvalue weighted by atomic mass is 32.2. The van der Waals surface area contributed by atoms with Crippen LogP contribution in [0.25, 0.3) is 0 Å². The summed E-state index contributed by atoms with van der Waals surface area (Å²) in [5.41, 5.74) is 7.20. The lowest BCUT2D eigenvalue weighted by Gasteiger charge is -2.17. The quantitative estimate of drug-likeness (QED) is 0.697. The Bertz CT molecular complexity index is 642. The van der Waals surface area contributed by atoms with Crippen LogP contribution in [0, 0.1) is 13.8 Å². The van der Waals surface area contributed by atoms with E-state index in [1.165, 1.54) is 6.07 Å². The SMILES string of the molecule is CCCCC(CN)NC(=O)c1cc(C)c(C)c(S(N)(=O)=O)c1. The number of rotatable bonds is 7. The molecule has 0 fully saturated rings. The van der Waals surface area contributed by atoms with Gasteiger partial charge >= 0.3 is 0 Å². The zero-order chi connectivity index (χ0) is 16.9. The van der Waals surface area contributed by atoms with Crippen LogP contribution in [0.15, 0.2) is 17.0 Å². The van der Waals surface area contributed by atoms with Gasteiger partial charge in [-0.15, -0.1) is 0 Å². The van der Waals surface area contributed by atoms with Crippen molar-refractivity contribution in [3.8, 4) is 0 Å². The Hall–Kier alpha value is -1.44. The molecule has 6 nitrogen and oxygen atoms in total. The molecule has 22 heavy (non-hydrogen) atoms. The van der Waals surface area contributed by atoms with Gasteiger partial charge in [-0.2, -0.15) is 0 Å². The minimum Gasteiger partial charge on any atom is -0.348 e. The number of unbranched alkanes of at least 4 members (excludes halogenated alkanes) is 1. The van der Waals surface area contributed by atoms with Crippen LogP contribution in [0.5, 0.6) is 0 Å². The Morgan fingerprint density at radius 2 is 1.95 bits per heavy atom. The standard InChI is InChI=1S/C15H25N3O3S/c1-4-5-6-13(9-16)18-15(19)12-7-10(2)11(3)14(8-12)22(17,20)21/h7-8,13H,4-6,9,16H2,1-3H3,(H,18,19)(H2,17,20,21). The molecular formula is C15H25N3O3S. The number of nitrogens with one attached hydrogen (secondary N) is 1. The third-order valence-corrected chi connectivity index (χ3v) is 4.75. The molecule has 1 aromatic rings. The summed E-state index contributed by atoms with van der Waals surface area (Å²) in [7, 11) is -3.86. The summed E-state index contributed by atoms with van der Waals surface area (Å²) in [5, 5.41) is 8.05.